The lowest BCUT2D eigenvalue weighted by Crippen LogP contribution is -2.45. The van der Waals surface area contributed by atoms with Crippen LogP contribution in [0.2, 0.25) is 0 Å². The van der Waals surface area contributed by atoms with Crippen LogP contribution < -0.4 is 16.4 Å². The Labute approximate surface area is 163 Å². The van der Waals surface area contributed by atoms with Gasteiger partial charge in [-0.1, -0.05) is 19.9 Å². The fraction of sp³-hybridized carbons (Fsp3) is 0.294. The molecule has 0 fully saturated rings. The minimum Gasteiger partial charge on any atom is -0.448 e. The molecule has 0 saturated carbocycles. The molecule has 0 radical (unpaired) electrons. The molecule has 4 N–H and O–H groups in total. The highest BCUT2D eigenvalue weighted by Crippen LogP contribution is 2.38. The first-order chi connectivity index (χ1) is 12.7. The summed E-state index contributed by atoms with van der Waals surface area (Å²) < 4.78 is 5.38. The molecule has 8 nitrogen and oxygen atoms in total. The summed E-state index contributed by atoms with van der Waals surface area (Å²) in [6.45, 7) is 4.67. The highest BCUT2D eigenvalue weighted by molar-refractivity contribution is 7.17. The van der Waals surface area contributed by atoms with E-state index in [9.17, 15) is 19.2 Å². The van der Waals surface area contributed by atoms with Gasteiger partial charge in [0, 0.05) is 22.7 Å². The van der Waals surface area contributed by atoms with Crippen molar-refractivity contribution in [1.29, 1.82) is 0 Å². The Morgan fingerprint density at radius 2 is 1.89 bits per heavy atom. The Morgan fingerprint density at radius 1 is 1.19 bits per heavy atom. The second-order valence-corrected chi connectivity index (χ2v) is 7.76. The van der Waals surface area contributed by atoms with E-state index in [-0.39, 0.29) is 11.5 Å². The summed E-state index contributed by atoms with van der Waals surface area (Å²) >= 11 is 2.61. The van der Waals surface area contributed by atoms with Crippen molar-refractivity contribution in [2.24, 2.45) is 11.7 Å². The van der Waals surface area contributed by atoms with E-state index in [2.05, 4.69) is 5.32 Å². The number of anilines is 1. The third-order valence-electron chi connectivity index (χ3n) is 3.42. The average Bonchev–Trinajstić information content (AvgIpc) is 3.19. The highest BCUT2D eigenvalue weighted by Gasteiger charge is 2.31. The van der Waals surface area contributed by atoms with E-state index in [0.29, 0.717) is 10.6 Å². The molecule has 10 heteroatoms. The molecule has 0 bridgehead atoms. The van der Waals surface area contributed by atoms with Gasteiger partial charge in [-0.25, -0.2) is 9.59 Å². The van der Waals surface area contributed by atoms with Crippen molar-refractivity contribution in [2.45, 2.75) is 26.9 Å². The quantitative estimate of drug-likeness (QED) is 0.632. The number of hydrogen-bond donors (Lipinski definition) is 3. The van der Waals surface area contributed by atoms with Crippen molar-refractivity contribution < 1.29 is 23.9 Å². The molecule has 144 valence electrons. The predicted molar refractivity (Wildman–Crippen MR) is 104 cm³/mol. The van der Waals surface area contributed by atoms with Gasteiger partial charge < -0.3 is 15.8 Å². The van der Waals surface area contributed by atoms with Crippen LogP contribution in [0.15, 0.2) is 22.9 Å². The molecule has 0 saturated heterocycles. The van der Waals surface area contributed by atoms with Crippen LogP contribution in [0, 0.1) is 5.92 Å². The molecule has 2 rings (SSSR count). The molecule has 0 aliphatic heterocycles. The minimum atomic E-state index is -1.22. The van der Waals surface area contributed by atoms with Gasteiger partial charge >= 0.3 is 12.0 Å². The van der Waals surface area contributed by atoms with Crippen molar-refractivity contribution in [3.8, 4) is 10.4 Å². The third-order valence-corrected chi connectivity index (χ3v) is 5.21. The predicted octanol–water partition coefficient (Wildman–Crippen LogP) is 2.81. The molecule has 27 heavy (non-hydrogen) atoms. The Hall–Kier alpha value is -2.72. The van der Waals surface area contributed by atoms with E-state index in [1.54, 1.807) is 19.2 Å². The van der Waals surface area contributed by atoms with E-state index in [1.807, 2.05) is 22.8 Å². The van der Waals surface area contributed by atoms with Crippen LogP contribution in [0.5, 0.6) is 0 Å². The maximum absolute atomic E-state index is 12.9. The number of ether oxygens (including phenoxy) is 1. The zero-order valence-electron chi connectivity index (χ0n) is 14.9. The van der Waals surface area contributed by atoms with E-state index in [4.69, 9.17) is 10.5 Å². The molecule has 0 unspecified atom stereocenters. The molecule has 1 atom stereocenters. The topological polar surface area (TPSA) is 128 Å². The summed E-state index contributed by atoms with van der Waals surface area (Å²) in [4.78, 5) is 48.2. The number of amides is 4. The number of nitrogens with one attached hydrogen (secondary N) is 2. The molecular formula is C17H19N3O5S2. The first kappa shape index (κ1) is 20.6. The molecule has 0 spiro atoms. The van der Waals surface area contributed by atoms with Gasteiger partial charge in [-0.15, -0.1) is 22.7 Å². The summed E-state index contributed by atoms with van der Waals surface area (Å²) in [5, 5.41) is 8.45. The van der Waals surface area contributed by atoms with Gasteiger partial charge in [-0.05, 0) is 17.4 Å². The summed E-state index contributed by atoms with van der Waals surface area (Å²) in [5.41, 5.74) is 5.73. The molecule has 0 aliphatic carbocycles. The van der Waals surface area contributed by atoms with Crippen molar-refractivity contribution in [3.05, 3.63) is 28.5 Å². The zero-order chi connectivity index (χ0) is 20.1. The summed E-state index contributed by atoms with van der Waals surface area (Å²) in [7, 11) is 0. The Morgan fingerprint density at radius 3 is 2.41 bits per heavy atom. The molecule has 2 heterocycles. The highest BCUT2D eigenvalue weighted by atomic mass is 32.1. The SMILES string of the molecule is CC(=O)Nc1scc(-c2cccs2)c1C(=O)O[C@H](C(=O)NC(N)=O)C(C)C. The molecule has 4 amide bonds. The monoisotopic (exact) mass is 409 g/mol. The lowest BCUT2D eigenvalue weighted by atomic mass is 10.1. The van der Waals surface area contributed by atoms with Crippen molar-refractivity contribution in [3.63, 3.8) is 0 Å². The van der Waals surface area contributed by atoms with Gasteiger partial charge in [-0.3, -0.25) is 14.9 Å². The largest absolute Gasteiger partial charge is 0.448 e. The van der Waals surface area contributed by atoms with E-state index in [1.165, 1.54) is 29.6 Å². The maximum Gasteiger partial charge on any atom is 0.342 e. The van der Waals surface area contributed by atoms with Gasteiger partial charge in [0.05, 0.1) is 0 Å². The standard InChI is InChI=1S/C17H19N3O5S2/c1-8(2)13(14(22)20-17(18)24)25-16(23)12-10(11-5-4-6-26-11)7-27-15(12)19-9(3)21/h4-8,13H,1-3H3,(H,19,21)(H3,18,20,22,24)/t13-/m0/s1. The van der Waals surface area contributed by atoms with Gasteiger partial charge in [0.1, 0.15) is 10.6 Å². The number of thiophene rings is 2. The number of primary amides is 1. The molecule has 2 aromatic heterocycles. The summed E-state index contributed by atoms with van der Waals surface area (Å²) in [6, 6.07) is 2.64. The molecule has 2 aromatic rings. The van der Waals surface area contributed by atoms with Crippen LogP contribution in [-0.2, 0) is 14.3 Å². The fourth-order valence-electron chi connectivity index (χ4n) is 2.28. The Bertz CT molecular complexity index is 858. The molecule has 0 aliphatic rings. The number of hydrogen-bond acceptors (Lipinski definition) is 7. The number of carbonyl (C=O) groups is 4. The number of carbonyl (C=O) groups excluding carboxylic acids is 4. The maximum atomic E-state index is 12.9. The number of nitrogens with two attached hydrogens (primary N) is 1. The summed E-state index contributed by atoms with van der Waals surface area (Å²) in [5.74, 6) is -2.32. The van der Waals surface area contributed by atoms with Crippen LogP contribution >= 0.6 is 22.7 Å². The minimum absolute atomic E-state index is 0.162. The van der Waals surface area contributed by atoms with Gasteiger partial charge in [0.15, 0.2) is 6.10 Å². The Kier molecular flexibility index (Phi) is 6.70. The third kappa shape index (κ3) is 5.14. The second kappa shape index (κ2) is 8.78. The van der Waals surface area contributed by atoms with E-state index in [0.717, 1.165) is 4.88 Å². The van der Waals surface area contributed by atoms with Crippen molar-refractivity contribution in [2.75, 3.05) is 5.32 Å². The normalized spacial score (nSPS) is 11.7. The number of imide groups is 1. The Balaban J connectivity index is 2.38. The van der Waals surface area contributed by atoms with E-state index >= 15 is 0 Å². The number of esters is 1. The van der Waals surface area contributed by atoms with E-state index < -0.39 is 29.9 Å². The lowest BCUT2D eigenvalue weighted by molar-refractivity contribution is -0.130. The van der Waals surface area contributed by atoms with Gasteiger partial charge in [-0.2, -0.15) is 0 Å². The molecular weight excluding hydrogens is 390 g/mol. The smallest absolute Gasteiger partial charge is 0.342 e. The number of urea groups is 1. The first-order valence-corrected chi connectivity index (χ1v) is 9.70. The van der Waals surface area contributed by atoms with Gasteiger partial charge in [0.2, 0.25) is 5.91 Å². The van der Waals surface area contributed by atoms with Crippen molar-refractivity contribution >= 4 is 51.5 Å². The second-order valence-electron chi connectivity index (χ2n) is 5.94. The fourth-order valence-corrected chi connectivity index (χ4v) is 4.10. The van der Waals surface area contributed by atoms with Crippen LogP contribution in [0.3, 0.4) is 0 Å². The number of rotatable bonds is 6. The molecule has 0 aromatic carbocycles. The zero-order valence-corrected chi connectivity index (χ0v) is 16.5. The van der Waals surface area contributed by atoms with Crippen LogP contribution in [-0.4, -0.2) is 29.9 Å². The van der Waals surface area contributed by atoms with Crippen molar-refractivity contribution in [1.82, 2.24) is 5.32 Å². The van der Waals surface area contributed by atoms with Crippen LogP contribution in [0.4, 0.5) is 9.80 Å². The average molecular weight is 409 g/mol. The van der Waals surface area contributed by atoms with Gasteiger partial charge in [0.25, 0.3) is 5.91 Å². The van der Waals surface area contributed by atoms with Crippen LogP contribution in [0.25, 0.3) is 10.4 Å². The summed E-state index contributed by atoms with van der Waals surface area (Å²) in [6.07, 6.45) is -1.22. The first-order valence-electron chi connectivity index (χ1n) is 7.95. The van der Waals surface area contributed by atoms with Crippen LogP contribution in [0.1, 0.15) is 31.1 Å². The lowest BCUT2D eigenvalue weighted by Gasteiger charge is -2.20.